The van der Waals surface area contributed by atoms with Crippen molar-refractivity contribution < 1.29 is 37.5 Å². The lowest BCUT2D eigenvalue weighted by atomic mass is 9.43. The van der Waals surface area contributed by atoms with Crippen molar-refractivity contribution in [2.45, 2.75) is 20.8 Å². The number of hydrogen-bond donors (Lipinski definition) is 0. The number of hydrogen-bond acceptors (Lipinski definition) is 6. The van der Waals surface area contributed by atoms with Gasteiger partial charge in [0.05, 0.1) is 41.7 Å². The van der Waals surface area contributed by atoms with E-state index in [2.05, 4.69) is 0 Å². The van der Waals surface area contributed by atoms with E-state index in [4.69, 9.17) is 4.74 Å². The zero-order valence-corrected chi connectivity index (χ0v) is 21.3. The van der Waals surface area contributed by atoms with Crippen LogP contribution >= 0.6 is 0 Å². The van der Waals surface area contributed by atoms with E-state index in [0.29, 0.717) is 5.57 Å². The molecule has 8 nitrogen and oxygen atoms in total. The minimum atomic E-state index is -1.55. The van der Waals surface area contributed by atoms with E-state index in [1.165, 1.54) is 24.3 Å². The first-order valence-electron chi connectivity index (χ1n) is 12.7. The van der Waals surface area contributed by atoms with Crippen LogP contribution in [-0.2, 0) is 28.7 Å². The Bertz CT molecular complexity index is 1410. The SMILES string of the molecule is CCOC(=O)C1=C(C)C2[C@@H]3C(=O)N(c4ccc(F)cc4)C(=O)[C@H]3C1(C)[C@H]1C(=O)N(c3ccc(F)cc3)C(=O)[C@@H]21. The Morgan fingerprint density at radius 3 is 1.56 bits per heavy atom. The Balaban J connectivity index is 1.54. The van der Waals surface area contributed by atoms with Crippen LogP contribution in [0.5, 0.6) is 0 Å². The molecule has 6 atom stereocenters. The summed E-state index contributed by atoms with van der Waals surface area (Å²) in [7, 11) is 0. The molecule has 200 valence electrons. The monoisotopic (exact) mass is 534 g/mol. The Hall–Kier alpha value is -4.21. The fourth-order valence-corrected chi connectivity index (χ4v) is 7.50. The van der Waals surface area contributed by atoms with Crippen molar-refractivity contribution in [3.8, 4) is 0 Å². The topological polar surface area (TPSA) is 101 Å². The lowest BCUT2D eigenvalue weighted by molar-refractivity contribution is -0.155. The zero-order valence-electron chi connectivity index (χ0n) is 21.3. The van der Waals surface area contributed by atoms with Gasteiger partial charge in [-0.3, -0.25) is 29.0 Å². The highest BCUT2D eigenvalue weighted by molar-refractivity contribution is 6.27. The first kappa shape index (κ1) is 25.1. The maximum Gasteiger partial charge on any atom is 0.334 e. The summed E-state index contributed by atoms with van der Waals surface area (Å²) in [6.45, 7) is 4.88. The van der Waals surface area contributed by atoms with E-state index in [9.17, 15) is 32.8 Å². The average Bonchev–Trinajstić information content (AvgIpc) is 3.32. The first-order valence-corrected chi connectivity index (χ1v) is 12.7. The van der Waals surface area contributed by atoms with Gasteiger partial charge in [0.25, 0.3) is 0 Å². The van der Waals surface area contributed by atoms with Gasteiger partial charge in [0.1, 0.15) is 11.6 Å². The molecule has 2 aliphatic heterocycles. The van der Waals surface area contributed by atoms with Gasteiger partial charge >= 0.3 is 5.97 Å². The zero-order chi connectivity index (χ0) is 28.0. The molecule has 3 aliphatic carbocycles. The number of rotatable bonds is 4. The summed E-state index contributed by atoms with van der Waals surface area (Å²) in [5.74, 6) is -9.42. The number of amides is 4. The molecule has 1 saturated carbocycles. The van der Waals surface area contributed by atoms with Crippen molar-refractivity contribution in [3.63, 3.8) is 0 Å². The van der Waals surface area contributed by atoms with Crippen LogP contribution in [0.3, 0.4) is 0 Å². The number of allylic oxidation sites excluding steroid dienone is 1. The van der Waals surface area contributed by atoms with Crippen molar-refractivity contribution in [2.24, 2.45) is 35.0 Å². The number of anilines is 2. The second-order valence-electron chi connectivity index (χ2n) is 10.6. The van der Waals surface area contributed by atoms with Crippen molar-refractivity contribution in [2.75, 3.05) is 16.4 Å². The number of ether oxygens (including phenoxy) is 1. The molecule has 7 rings (SSSR count). The van der Waals surface area contributed by atoms with Gasteiger partial charge in [-0.05, 0) is 62.4 Å². The lowest BCUT2D eigenvalue weighted by Crippen LogP contribution is -2.61. The fourth-order valence-electron chi connectivity index (χ4n) is 7.50. The molecular formula is C29H24F2N2O6. The van der Waals surface area contributed by atoms with E-state index in [0.717, 1.165) is 34.1 Å². The summed E-state index contributed by atoms with van der Waals surface area (Å²) in [4.78, 5) is 71.1. The molecule has 2 aromatic rings. The maximum absolute atomic E-state index is 14.0. The Kier molecular flexibility index (Phi) is 5.40. The number of carbonyl (C=O) groups excluding carboxylic acids is 5. The molecule has 0 aromatic heterocycles. The number of benzene rings is 2. The van der Waals surface area contributed by atoms with Gasteiger partial charge < -0.3 is 4.74 Å². The Morgan fingerprint density at radius 1 is 0.769 bits per heavy atom. The van der Waals surface area contributed by atoms with Gasteiger partial charge in [0.2, 0.25) is 23.6 Å². The molecule has 5 aliphatic rings. The molecule has 2 heterocycles. The molecule has 0 spiro atoms. The van der Waals surface area contributed by atoms with Crippen molar-refractivity contribution in [3.05, 3.63) is 71.3 Å². The molecule has 2 saturated heterocycles. The Labute approximate surface area is 222 Å². The smallest absolute Gasteiger partial charge is 0.334 e. The van der Waals surface area contributed by atoms with Gasteiger partial charge in [-0.15, -0.1) is 0 Å². The molecular weight excluding hydrogens is 510 g/mol. The van der Waals surface area contributed by atoms with Crippen LogP contribution in [0.2, 0.25) is 0 Å². The van der Waals surface area contributed by atoms with Crippen LogP contribution in [-0.4, -0.2) is 36.2 Å². The van der Waals surface area contributed by atoms with Gasteiger partial charge in [-0.25, -0.2) is 13.6 Å². The molecule has 0 N–H and O–H groups in total. The summed E-state index contributed by atoms with van der Waals surface area (Å²) < 4.78 is 32.6. The van der Waals surface area contributed by atoms with Gasteiger partial charge in [-0.2, -0.15) is 0 Å². The van der Waals surface area contributed by atoms with Gasteiger partial charge in [0, 0.05) is 16.9 Å². The molecule has 4 amide bonds. The van der Waals surface area contributed by atoms with Gasteiger partial charge in [0.15, 0.2) is 0 Å². The number of halogens is 2. The molecule has 2 aromatic carbocycles. The largest absolute Gasteiger partial charge is 0.463 e. The highest BCUT2D eigenvalue weighted by Crippen LogP contribution is 2.68. The second kappa shape index (κ2) is 8.39. The molecule has 0 radical (unpaired) electrons. The summed E-state index contributed by atoms with van der Waals surface area (Å²) >= 11 is 0. The third-order valence-corrected chi connectivity index (χ3v) is 8.85. The normalized spacial score (nSPS) is 31.3. The maximum atomic E-state index is 14.0. The van der Waals surface area contributed by atoms with Crippen LogP contribution in [0.1, 0.15) is 20.8 Å². The lowest BCUT2D eigenvalue weighted by Gasteiger charge is -2.55. The quantitative estimate of drug-likeness (QED) is 0.440. The highest BCUT2D eigenvalue weighted by Gasteiger charge is 2.77. The third kappa shape index (κ3) is 3.11. The number of nitrogens with zero attached hydrogens (tertiary/aromatic N) is 2. The van der Waals surface area contributed by atoms with Crippen molar-refractivity contribution >= 4 is 41.0 Å². The van der Waals surface area contributed by atoms with Crippen molar-refractivity contribution in [1.29, 1.82) is 0 Å². The minimum Gasteiger partial charge on any atom is -0.463 e. The van der Waals surface area contributed by atoms with E-state index in [1.54, 1.807) is 20.8 Å². The van der Waals surface area contributed by atoms with Crippen molar-refractivity contribution in [1.82, 2.24) is 0 Å². The highest BCUT2D eigenvalue weighted by atomic mass is 19.1. The average molecular weight is 535 g/mol. The van der Waals surface area contributed by atoms with Crippen LogP contribution in [0.4, 0.5) is 20.2 Å². The van der Waals surface area contributed by atoms with Crippen LogP contribution in [0.15, 0.2) is 59.7 Å². The molecule has 2 bridgehead atoms. The summed E-state index contributed by atoms with van der Waals surface area (Å²) in [6, 6.07) is 9.76. The number of carbonyl (C=O) groups is 5. The van der Waals surface area contributed by atoms with Crippen LogP contribution in [0, 0.1) is 46.6 Å². The van der Waals surface area contributed by atoms with E-state index in [-0.39, 0.29) is 23.6 Å². The molecule has 2 unspecified atom stereocenters. The van der Waals surface area contributed by atoms with Crippen LogP contribution in [0.25, 0.3) is 0 Å². The summed E-state index contributed by atoms with van der Waals surface area (Å²) in [6.07, 6.45) is 0. The molecule has 10 heteroatoms. The number of imide groups is 2. The Morgan fingerprint density at radius 2 is 1.18 bits per heavy atom. The molecule has 3 fully saturated rings. The fraction of sp³-hybridized carbons (Fsp3) is 0.345. The molecule has 39 heavy (non-hydrogen) atoms. The minimum absolute atomic E-state index is 0.0434. The third-order valence-electron chi connectivity index (χ3n) is 8.85. The van der Waals surface area contributed by atoms with E-state index < -0.39 is 76.2 Å². The summed E-state index contributed by atoms with van der Waals surface area (Å²) in [5.41, 5.74) is -0.669. The first-order chi connectivity index (χ1) is 18.5. The predicted molar refractivity (Wildman–Crippen MR) is 133 cm³/mol. The van der Waals surface area contributed by atoms with Crippen LogP contribution < -0.4 is 9.80 Å². The number of esters is 1. The van der Waals surface area contributed by atoms with E-state index in [1.807, 2.05) is 0 Å². The standard InChI is InChI=1S/C29H24F2N2O6/c1-4-39-28(38)21-13(2)18-19-22(26(36)32(24(19)34)16-9-5-14(30)6-10-16)29(21,3)23-20(18)25(35)33(27(23)37)17-11-7-15(31)8-12-17/h5-12,18-20,22-23H,4H2,1-3H3/t18?,19-,20-,22-,23+,29?/m0/s1. The second-order valence-corrected chi connectivity index (χ2v) is 10.6. The summed E-state index contributed by atoms with van der Waals surface area (Å²) in [5, 5.41) is 0. The predicted octanol–water partition coefficient (Wildman–Crippen LogP) is 3.41. The van der Waals surface area contributed by atoms with Gasteiger partial charge in [-0.1, -0.05) is 12.5 Å². The van der Waals surface area contributed by atoms with E-state index >= 15 is 0 Å².